The predicted molar refractivity (Wildman–Crippen MR) is 41.4 cm³/mol. The zero-order valence-corrected chi connectivity index (χ0v) is 6.41. The first-order valence-corrected chi connectivity index (χ1v) is 4.93. The molecule has 34 valence electrons. The van der Waals surface area contributed by atoms with Gasteiger partial charge in [-0.2, -0.15) is 0 Å². The Balaban J connectivity index is 2.68. The lowest BCUT2D eigenvalue weighted by Crippen LogP contribution is -1.40. The predicted octanol–water partition coefficient (Wildman–Crippen LogP) is 2.32. The second-order valence-electron chi connectivity index (χ2n) is 1.04. The van der Waals surface area contributed by atoms with Gasteiger partial charge in [-0.1, -0.05) is 32.5 Å². The van der Waals surface area contributed by atoms with Crippen LogP contribution in [0, 0.1) is 0 Å². The molecule has 0 fully saturated rings. The molecule has 6 heavy (non-hydrogen) atoms. The molecule has 1 aliphatic rings. The molecule has 0 radical (unpaired) electrons. The molecule has 1 heterocycles. The van der Waals surface area contributed by atoms with Gasteiger partial charge in [0.15, 0.2) is 0 Å². The minimum Gasteiger partial charge on any atom is -0.0991 e. The van der Waals surface area contributed by atoms with E-state index >= 15 is 0 Å². The first-order valence-electron chi connectivity index (χ1n) is 1.67. The Morgan fingerprint density at radius 2 is 2.67 bits per heavy atom. The zero-order valence-electron chi connectivity index (χ0n) is 3.44. The minimum absolute atomic E-state index is 0.379. The van der Waals surface area contributed by atoms with Crippen molar-refractivity contribution in [1.29, 1.82) is 0 Å². The number of rotatable bonds is 0. The first-order chi connectivity index (χ1) is 2.89. The van der Waals surface area contributed by atoms with Crippen LogP contribution in [0.25, 0.3) is 0 Å². The van der Waals surface area contributed by atoms with Gasteiger partial charge in [-0.25, -0.2) is 0 Å². The number of halogens is 1. The summed E-state index contributed by atoms with van der Waals surface area (Å²) in [6.07, 6.45) is 0. The van der Waals surface area contributed by atoms with E-state index in [0.717, 1.165) is 0 Å². The van der Waals surface area contributed by atoms with Gasteiger partial charge in [0.2, 0.25) is 0 Å². The second kappa shape index (κ2) is 2.12. The number of hydrogen-bond donors (Lipinski definition) is 0. The SMILES string of the molecule is CC1=CSC=I1. The lowest BCUT2D eigenvalue weighted by molar-refractivity contribution is 1.76. The Morgan fingerprint density at radius 3 is 2.83 bits per heavy atom. The number of thioether (sulfide) groups is 1. The molecule has 2 heteroatoms. The van der Waals surface area contributed by atoms with E-state index in [2.05, 4.69) is 15.7 Å². The lowest BCUT2D eigenvalue weighted by Gasteiger charge is -1.70. The third-order valence-corrected chi connectivity index (χ3v) is 4.54. The van der Waals surface area contributed by atoms with Crippen LogP contribution in [0.5, 0.6) is 0 Å². The molecule has 1 rings (SSSR count). The van der Waals surface area contributed by atoms with E-state index < -0.39 is 0 Å². The molecule has 1 aliphatic heterocycles. The van der Waals surface area contributed by atoms with E-state index in [1.165, 1.54) is 0 Å². The van der Waals surface area contributed by atoms with Crippen molar-refractivity contribution in [3.05, 3.63) is 8.99 Å². The monoisotopic (exact) mass is 212 g/mol. The molecule has 0 N–H and O–H groups in total. The molecule has 0 unspecified atom stereocenters. The Labute approximate surface area is 51.8 Å². The number of hydrogen-bond acceptors (Lipinski definition) is 1. The maximum Gasteiger partial charge on any atom is 0.00883 e. The third kappa shape index (κ3) is 1.08. The molecule has 0 spiro atoms. The highest BCUT2D eigenvalue weighted by atomic mass is 127. The summed E-state index contributed by atoms with van der Waals surface area (Å²) in [5.74, 6) is 0. The van der Waals surface area contributed by atoms with Crippen LogP contribution in [0.2, 0.25) is 0 Å². The van der Waals surface area contributed by atoms with Gasteiger partial charge in [-0.3, -0.25) is 0 Å². The summed E-state index contributed by atoms with van der Waals surface area (Å²) in [6, 6.07) is 0. The highest BCUT2D eigenvalue weighted by Gasteiger charge is 1.86. The van der Waals surface area contributed by atoms with E-state index in [1.807, 2.05) is 11.8 Å². The quantitative estimate of drug-likeness (QED) is 0.555. The molecule has 0 aromatic rings. The van der Waals surface area contributed by atoms with E-state index in [9.17, 15) is 0 Å². The lowest BCUT2D eigenvalue weighted by atomic mass is 10.8. The van der Waals surface area contributed by atoms with E-state index in [-0.39, 0.29) is 0 Å². The van der Waals surface area contributed by atoms with Crippen molar-refractivity contribution in [2.75, 3.05) is 0 Å². The van der Waals surface area contributed by atoms with Gasteiger partial charge < -0.3 is 0 Å². The fourth-order valence-corrected chi connectivity index (χ4v) is 3.69. The van der Waals surface area contributed by atoms with Crippen LogP contribution in [0.3, 0.4) is 0 Å². The molecule has 0 saturated heterocycles. The topological polar surface area (TPSA) is 0 Å². The number of allylic oxidation sites excluding steroid dienone is 1. The third-order valence-electron chi connectivity index (χ3n) is 0.499. The first kappa shape index (κ1) is 4.84. The Bertz CT molecular complexity index is 101. The fourth-order valence-electron chi connectivity index (χ4n) is 0.241. The molecule has 0 aromatic carbocycles. The smallest absolute Gasteiger partial charge is 0.00883 e. The van der Waals surface area contributed by atoms with Crippen LogP contribution >= 0.6 is 32.5 Å². The van der Waals surface area contributed by atoms with Crippen molar-refractivity contribution in [2.45, 2.75) is 6.92 Å². The van der Waals surface area contributed by atoms with Gasteiger partial charge in [-0.05, 0) is 15.9 Å². The standard InChI is InChI=1S/C4H5IS/c1-4-2-6-3-5-4/h2-3H,1H3. The zero-order chi connectivity index (χ0) is 4.41. The summed E-state index contributed by atoms with van der Waals surface area (Å²) in [5.41, 5.74) is 0. The van der Waals surface area contributed by atoms with Crippen LogP contribution in [0.4, 0.5) is 0 Å². The molecule has 0 saturated carbocycles. The summed E-state index contributed by atoms with van der Waals surface area (Å²) in [7, 11) is 0. The van der Waals surface area contributed by atoms with Gasteiger partial charge in [0.1, 0.15) is 0 Å². The average Bonchev–Trinajstić information content (AvgIpc) is 1.86. The Hall–Kier alpha value is 0.690. The van der Waals surface area contributed by atoms with Crippen molar-refractivity contribution >= 4 is 35.8 Å². The van der Waals surface area contributed by atoms with Crippen LogP contribution in [-0.4, -0.2) is 3.34 Å². The van der Waals surface area contributed by atoms with Crippen LogP contribution < -0.4 is 0 Å². The normalized spacial score (nSPS) is 19.8. The van der Waals surface area contributed by atoms with Crippen molar-refractivity contribution in [3.63, 3.8) is 0 Å². The van der Waals surface area contributed by atoms with Crippen LogP contribution in [-0.2, 0) is 0 Å². The van der Waals surface area contributed by atoms with Gasteiger partial charge in [0, 0.05) is 3.34 Å². The largest absolute Gasteiger partial charge is 0.0991 e. The minimum atomic E-state index is 0.379. The molecule has 0 nitrogen and oxygen atoms in total. The molecule has 0 aromatic heterocycles. The summed E-state index contributed by atoms with van der Waals surface area (Å²) in [6.45, 7) is 2.20. The van der Waals surface area contributed by atoms with Crippen LogP contribution in [0.1, 0.15) is 6.92 Å². The molecule has 0 aliphatic carbocycles. The second-order valence-corrected chi connectivity index (χ2v) is 5.57. The van der Waals surface area contributed by atoms with Crippen molar-refractivity contribution in [1.82, 2.24) is 0 Å². The molecule has 0 atom stereocenters. The maximum atomic E-state index is 2.31. The summed E-state index contributed by atoms with van der Waals surface area (Å²) < 4.78 is 3.91. The van der Waals surface area contributed by atoms with E-state index in [1.54, 1.807) is 3.58 Å². The van der Waals surface area contributed by atoms with Gasteiger partial charge >= 0.3 is 0 Å². The summed E-state index contributed by atoms with van der Waals surface area (Å²) in [4.78, 5) is 0. The highest BCUT2D eigenvalue weighted by Crippen LogP contribution is 2.25. The summed E-state index contributed by atoms with van der Waals surface area (Å²) in [5, 5.41) is 2.23. The average molecular weight is 212 g/mol. The van der Waals surface area contributed by atoms with Gasteiger partial charge in [0.25, 0.3) is 0 Å². The van der Waals surface area contributed by atoms with Crippen molar-refractivity contribution in [2.24, 2.45) is 0 Å². The van der Waals surface area contributed by atoms with Crippen LogP contribution in [0.15, 0.2) is 8.99 Å². The maximum absolute atomic E-state index is 2.31. The van der Waals surface area contributed by atoms with Crippen molar-refractivity contribution in [3.8, 4) is 0 Å². The Kier molecular flexibility index (Phi) is 1.71. The van der Waals surface area contributed by atoms with Gasteiger partial charge in [-0.15, -0.1) is 0 Å². The highest BCUT2D eigenvalue weighted by molar-refractivity contribution is 14.2. The van der Waals surface area contributed by atoms with Crippen molar-refractivity contribution < 1.29 is 0 Å². The summed E-state index contributed by atoms with van der Waals surface area (Å²) >= 11 is 2.22. The molecular weight excluding hydrogens is 207 g/mol. The van der Waals surface area contributed by atoms with E-state index in [0.29, 0.717) is 20.7 Å². The van der Waals surface area contributed by atoms with E-state index in [4.69, 9.17) is 0 Å². The fraction of sp³-hybridized carbons (Fsp3) is 0.250. The molecular formula is C4H5IS. The Morgan fingerprint density at radius 1 is 1.83 bits per heavy atom. The molecule has 0 amide bonds. The molecule has 0 bridgehead atoms. The van der Waals surface area contributed by atoms with Gasteiger partial charge in [0.05, 0.1) is 0 Å².